The molecule has 3 atom stereocenters. The van der Waals surface area contributed by atoms with Gasteiger partial charge in [0.1, 0.15) is 5.67 Å². The highest BCUT2D eigenvalue weighted by Gasteiger charge is 2.34. The van der Waals surface area contributed by atoms with E-state index in [1.807, 2.05) is 7.05 Å². The topological polar surface area (TPSA) is 24.1 Å². The van der Waals surface area contributed by atoms with Crippen molar-refractivity contribution < 1.29 is 4.39 Å². The van der Waals surface area contributed by atoms with E-state index in [0.717, 1.165) is 19.3 Å². The van der Waals surface area contributed by atoms with Gasteiger partial charge in [0.05, 0.1) is 0 Å². The van der Waals surface area contributed by atoms with Crippen LogP contribution < -0.4 is 10.6 Å². The summed E-state index contributed by atoms with van der Waals surface area (Å²) in [5.41, 5.74) is -1.56. The highest BCUT2D eigenvalue weighted by atomic mass is 32.1. The summed E-state index contributed by atoms with van der Waals surface area (Å²) in [6.07, 6.45) is 3.25. The van der Waals surface area contributed by atoms with Crippen molar-refractivity contribution in [2.45, 2.75) is 63.2 Å². The summed E-state index contributed by atoms with van der Waals surface area (Å²) >= 11 is 13.0. The van der Waals surface area contributed by atoms with Gasteiger partial charge in [-0.15, -0.1) is 0 Å². The molecular weight excluding hydrogens is 323 g/mol. The molecule has 0 bridgehead atoms. The van der Waals surface area contributed by atoms with Gasteiger partial charge in [-0.2, -0.15) is 37.9 Å². The first-order valence-electron chi connectivity index (χ1n) is 7.67. The van der Waals surface area contributed by atoms with Gasteiger partial charge >= 0.3 is 0 Å². The van der Waals surface area contributed by atoms with Crippen LogP contribution >= 0.6 is 37.9 Å². The van der Waals surface area contributed by atoms with Crippen LogP contribution in [0.25, 0.3) is 0 Å². The first-order chi connectivity index (χ1) is 9.72. The Morgan fingerprint density at radius 3 is 1.86 bits per heavy atom. The lowest BCUT2D eigenvalue weighted by Gasteiger charge is -2.36. The lowest BCUT2D eigenvalue weighted by atomic mass is 9.90. The SMILES string of the molecule is CCC[C@@](C)(CS)NC[C@@](F)(CS)CC[C@@](C)(CS)NC. The molecule has 21 heavy (non-hydrogen) atoms. The monoisotopic (exact) mass is 356 g/mol. The van der Waals surface area contributed by atoms with E-state index in [4.69, 9.17) is 0 Å². The second-order valence-electron chi connectivity index (χ2n) is 6.60. The third-order valence-corrected chi connectivity index (χ3v) is 6.31. The Bertz CT molecular complexity index is 290. The summed E-state index contributed by atoms with van der Waals surface area (Å²) in [5, 5.41) is 6.60. The van der Waals surface area contributed by atoms with Crippen LogP contribution in [0, 0.1) is 0 Å². The quantitative estimate of drug-likeness (QED) is 0.346. The van der Waals surface area contributed by atoms with E-state index in [9.17, 15) is 0 Å². The Hall–Kier alpha value is 0.900. The number of rotatable bonds is 12. The van der Waals surface area contributed by atoms with E-state index in [-0.39, 0.29) is 16.8 Å². The first kappa shape index (κ1) is 21.9. The standard InChI is InChI=1S/C15H33FN2S3/c1-5-6-14(3,11-20)18-9-15(16,12-21)8-7-13(2,10-19)17-4/h17-21H,5-12H2,1-4H3/t13-,14-,15+/m0/s1. The van der Waals surface area contributed by atoms with Crippen LogP contribution in [0.2, 0.25) is 0 Å². The van der Waals surface area contributed by atoms with Crippen LogP contribution in [0.1, 0.15) is 46.5 Å². The Labute approximate surface area is 147 Å². The fourth-order valence-corrected chi connectivity index (χ4v) is 3.01. The minimum absolute atomic E-state index is 0.117. The molecule has 0 aliphatic carbocycles. The lowest BCUT2D eigenvalue weighted by Crippen LogP contribution is -2.52. The van der Waals surface area contributed by atoms with E-state index >= 15 is 4.39 Å². The number of halogens is 1. The Morgan fingerprint density at radius 2 is 1.48 bits per heavy atom. The van der Waals surface area contributed by atoms with Crippen molar-refractivity contribution in [2.75, 3.05) is 30.9 Å². The summed E-state index contributed by atoms with van der Waals surface area (Å²) in [4.78, 5) is 0. The van der Waals surface area contributed by atoms with Crippen LogP contribution in [0.4, 0.5) is 4.39 Å². The van der Waals surface area contributed by atoms with E-state index in [2.05, 4.69) is 69.3 Å². The van der Waals surface area contributed by atoms with Gasteiger partial charge in [-0.05, 0) is 40.2 Å². The molecule has 0 aromatic heterocycles. The van der Waals surface area contributed by atoms with E-state index in [1.54, 1.807) is 0 Å². The van der Waals surface area contributed by atoms with Crippen LogP contribution in [0.15, 0.2) is 0 Å². The molecule has 0 aromatic carbocycles. The summed E-state index contributed by atoms with van der Waals surface area (Å²) in [6.45, 7) is 6.63. The molecule has 0 aliphatic rings. The predicted molar refractivity (Wildman–Crippen MR) is 103 cm³/mol. The van der Waals surface area contributed by atoms with Crippen molar-refractivity contribution in [1.29, 1.82) is 0 Å². The second-order valence-corrected chi connectivity index (χ2v) is 7.55. The van der Waals surface area contributed by atoms with E-state index in [0.29, 0.717) is 24.5 Å². The molecule has 0 radical (unpaired) electrons. The van der Waals surface area contributed by atoms with Crippen molar-refractivity contribution in [2.24, 2.45) is 0 Å². The van der Waals surface area contributed by atoms with Gasteiger partial charge in [-0.3, -0.25) is 0 Å². The smallest absolute Gasteiger partial charge is 0.132 e. The van der Waals surface area contributed by atoms with Crippen molar-refractivity contribution in [3.05, 3.63) is 0 Å². The Kier molecular flexibility index (Phi) is 10.3. The fourth-order valence-electron chi connectivity index (χ4n) is 2.15. The van der Waals surface area contributed by atoms with Gasteiger partial charge in [0.25, 0.3) is 0 Å². The molecule has 2 N–H and O–H groups in total. The average molecular weight is 357 g/mol. The van der Waals surface area contributed by atoms with Gasteiger partial charge in [0.2, 0.25) is 0 Å². The van der Waals surface area contributed by atoms with Gasteiger partial charge in [-0.25, -0.2) is 4.39 Å². The largest absolute Gasteiger partial charge is 0.314 e. The third-order valence-electron chi connectivity index (χ3n) is 4.34. The zero-order valence-corrected chi connectivity index (χ0v) is 16.6. The Morgan fingerprint density at radius 1 is 0.905 bits per heavy atom. The summed E-state index contributed by atoms with van der Waals surface area (Å²) in [6, 6.07) is 0. The third kappa shape index (κ3) is 7.82. The molecule has 0 fully saturated rings. The molecule has 0 unspecified atom stereocenters. The summed E-state index contributed by atoms with van der Waals surface area (Å²) < 4.78 is 15.0. The maximum atomic E-state index is 15.0. The van der Waals surface area contributed by atoms with E-state index in [1.165, 1.54) is 0 Å². The molecular formula is C15H33FN2S3. The number of hydrogen-bond donors (Lipinski definition) is 5. The molecule has 128 valence electrons. The number of nitrogens with one attached hydrogen (secondary N) is 2. The summed E-state index contributed by atoms with van der Waals surface area (Å²) in [7, 11) is 1.90. The maximum Gasteiger partial charge on any atom is 0.132 e. The van der Waals surface area contributed by atoms with Crippen molar-refractivity contribution in [3.63, 3.8) is 0 Å². The molecule has 0 saturated heterocycles. The minimum atomic E-state index is -1.30. The van der Waals surface area contributed by atoms with Crippen molar-refractivity contribution >= 4 is 37.9 Å². The molecule has 0 amide bonds. The molecule has 0 rings (SSSR count). The normalized spacial score (nSPS) is 20.6. The van der Waals surface area contributed by atoms with Crippen molar-refractivity contribution in [3.8, 4) is 0 Å². The Balaban J connectivity index is 4.59. The average Bonchev–Trinajstić information content (AvgIpc) is 2.51. The number of alkyl halides is 1. The highest BCUT2D eigenvalue weighted by Crippen LogP contribution is 2.26. The summed E-state index contributed by atoms with van der Waals surface area (Å²) in [5.74, 6) is 1.61. The minimum Gasteiger partial charge on any atom is -0.314 e. The maximum absolute atomic E-state index is 15.0. The van der Waals surface area contributed by atoms with Crippen molar-refractivity contribution in [1.82, 2.24) is 10.6 Å². The van der Waals surface area contributed by atoms with Crippen LogP contribution in [0.5, 0.6) is 0 Å². The number of hydrogen-bond acceptors (Lipinski definition) is 5. The zero-order chi connectivity index (χ0) is 16.6. The molecule has 6 heteroatoms. The predicted octanol–water partition coefficient (Wildman–Crippen LogP) is 3.39. The number of thiol groups is 3. The molecule has 0 saturated carbocycles. The van der Waals surface area contributed by atoms with Gasteiger partial charge in [0.15, 0.2) is 0 Å². The van der Waals surface area contributed by atoms with Gasteiger partial charge < -0.3 is 10.6 Å². The molecule has 0 aromatic rings. The second kappa shape index (κ2) is 9.91. The molecule has 0 heterocycles. The van der Waals surface area contributed by atoms with Gasteiger partial charge in [-0.1, -0.05) is 13.3 Å². The molecule has 2 nitrogen and oxygen atoms in total. The zero-order valence-electron chi connectivity index (χ0n) is 13.9. The van der Waals surface area contributed by atoms with E-state index < -0.39 is 5.67 Å². The first-order valence-corrected chi connectivity index (χ1v) is 9.57. The highest BCUT2D eigenvalue weighted by molar-refractivity contribution is 7.80. The lowest BCUT2D eigenvalue weighted by molar-refractivity contribution is 0.143. The molecule has 0 spiro atoms. The van der Waals surface area contributed by atoms with Crippen LogP contribution in [0.3, 0.4) is 0 Å². The van der Waals surface area contributed by atoms with Gasteiger partial charge in [0, 0.05) is 34.9 Å². The molecule has 0 aliphatic heterocycles. The fraction of sp³-hybridized carbons (Fsp3) is 1.00. The van der Waals surface area contributed by atoms with Crippen LogP contribution in [-0.2, 0) is 0 Å². The van der Waals surface area contributed by atoms with Crippen LogP contribution in [-0.4, -0.2) is 47.6 Å².